The molecule has 5 aromatic rings. The largest absolute Gasteiger partial charge is 0.361 e. The van der Waals surface area contributed by atoms with Crippen LogP contribution in [-0.2, 0) is 19.4 Å². The Labute approximate surface area is 155 Å². The number of aryl methyl sites for hydroxylation is 3. The summed E-state index contributed by atoms with van der Waals surface area (Å²) in [4.78, 5) is 7.87. The molecule has 0 amide bonds. The molecular formula is C20H18N6O. The molecule has 0 aliphatic heterocycles. The molecule has 0 aliphatic carbocycles. The first-order valence-electron chi connectivity index (χ1n) is 9.03. The molecule has 7 heteroatoms. The molecule has 1 N–H and O–H groups in total. The molecule has 0 unspecified atom stereocenters. The van der Waals surface area contributed by atoms with Crippen molar-refractivity contribution >= 4 is 21.9 Å². The number of hydrogen-bond donors (Lipinski definition) is 1. The van der Waals surface area contributed by atoms with E-state index in [2.05, 4.69) is 49.8 Å². The second-order valence-corrected chi connectivity index (χ2v) is 6.48. The zero-order chi connectivity index (χ0) is 18.2. The normalized spacial score (nSPS) is 11.6. The number of nitrogens with one attached hydrogen (secondary N) is 1. The summed E-state index contributed by atoms with van der Waals surface area (Å²) in [6.45, 7) is 2.81. The van der Waals surface area contributed by atoms with Crippen LogP contribution in [0.1, 0.15) is 18.4 Å². The summed E-state index contributed by atoms with van der Waals surface area (Å²) in [5.41, 5.74) is 5.14. The summed E-state index contributed by atoms with van der Waals surface area (Å²) in [5, 5.41) is 13.7. The quantitative estimate of drug-likeness (QED) is 0.517. The van der Waals surface area contributed by atoms with Crippen molar-refractivity contribution in [1.82, 2.24) is 30.1 Å². The van der Waals surface area contributed by atoms with E-state index in [-0.39, 0.29) is 0 Å². The number of benzene rings is 2. The fourth-order valence-corrected chi connectivity index (χ4v) is 3.39. The average Bonchev–Trinajstić information content (AvgIpc) is 3.43. The minimum atomic E-state index is 0.592. The van der Waals surface area contributed by atoms with Gasteiger partial charge in [0.05, 0.1) is 5.52 Å². The molecule has 0 spiro atoms. The Hall–Kier alpha value is -3.48. The molecule has 0 atom stereocenters. The van der Waals surface area contributed by atoms with Gasteiger partial charge in [-0.05, 0) is 43.2 Å². The average molecular weight is 358 g/mol. The molecule has 3 aromatic heterocycles. The minimum absolute atomic E-state index is 0.592. The first-order chi connectivity index (χ1) is 13.3. The van der Waals surface area contributed by atoms with E-state index in [1.807, 2.05) is 35.9 Å². The van der Waals surface area contributed by atoms with Gasteiger partial charge in [-0.2, -0.15) is 4.98 Å². The van der Waals surface area contributed by atoms with Crippen LogP contribution >= 0.6 is 0 Å². The molecule has 134 valence electrons. The third kappa shape index (κ3) is 2.77. The van der Waals surface area contributed by atoms with Gasteiger partial charge in [-0.3, -0.25) is 0 Å². The zero-order valence-electron chi connectivity index (χ0n) is 14.9. The van der Waals surface area contributed by atoms with E-state index < -0.39 is 0 Å². The van der Waals surface area contributed by atoms with Crippen molar-refractivity contribution in [2.75, 3.05) is 0 Å². The Morgan fingerprint density at radius 1 is 1.11 bits per heavy atom. The lowest BCUT2D eigenvalue weighted by atomic mass is 10.1. The number of H-pyrrole nitrogens is 1. The number of hydrogen-bond acceptors (Lipinski definition) is 5. The minimum Gasteiger partial charge on any atom is -0.361 e. The number of aromatic nitrogens is 6. The van der Waals surface area contributed by atoms with E-state index in [0.29, 0.717) is 18.1 Å². The van der Waals surface area contributed by atoms with E-state index in [1.54, 1.807) is 0 Å². The molecule has 0 aliphatic rings. The molecule has 3 heterocycles. The topological polar surface area (TPSA) is 85.4 Å². The van der Waals surface area contributed by atoms with Gasteiger partial charge in [0.1, 0.15) is 5.52 Å². The van der Waals surface area contributed by atoms with Crippen molar-refractivity contribution in [3.8, 4) is 11.4 Å². The molecule has 5 rings (SSSR count). The second-order valence-electron chi connectivity index (χ2n) is 6.48. The van der Waals surface area contributed by atoms with Crippen LogP contribution in [0.15, 0.2) is 53.2 Å². The van der Waals surface area contributed by atoms with Crippen LogP contribution in [0.5, 0.6) is 0 Å². The maximum Gasteiger partial charge on any atom is 0.227 e. The summed E-state index contributed by atoms with van der Waals surface area (Å²) in [6.07, 6.45) is 3.59. The van der Waals surface area contributed by atoms with Crippen LogP contribution in [0.25, 0.3) is 33.3 Å². The highest BCUT2D eigenvalue weighted by Gasteiger charge is 2.12. The highest BCUT2D eigenvalue weighted by Crippen LogP contribution is 2.23. The molecule has 27 heavy (non-hydrogen) atoms. The van der Waals surface area contributed by atoms with Crippen LogP contribution in [0.4, 0.5) is 0 Å². The second kappa shape index (κ2) is 6.35. The predicted molar refractivity (Wildman–Crippen MR) is 102 cm³/mol. The Morgan fingerprint density at radius 3 is 2.96 bits per heavy atom. The lowest BCUT2D eigenvalue weighted by Crippen LogP contribution is -1.96. The third-order valence-corrected chi connectivity index (χ3v) is 4.82. The molecule has 0 saturated carbocycles. The highest BCUT2D eigenvalue weighted by molar-refractivity contribution is 5.83. The summed E-state index contributed by atoms with van der Waals surface area (Å²) >= 11 is 0. The fourth-order valence-electron chi connectivity index (χ4n) is 3.39. The van der Waals surface area contributed by atoms with E-state index in [4.69, 9.17) is 4.52 Å². The Morgan fingerprint density at radius 2 is 2.04 bits per heavy atom. The van der Waals surface area contributed by atoms with Crippen molar-refractivity contribution in [2.24, 2.45) is 0 Å². The zero-order valence-corrected chi connectivity index (χ0v) is 14.9. The van der Waals surface area contributed by atoms with Gasteiger partial charge in [-0.25, -0.2) is 4.68 Å². The van der Waals surface area contributed by atoms with Gasteiger partial charge in [-0.15, -0.1) is 5.10 Å². The first-order valence-corrected chi connectivity index (χ1v) is 9.03. The van der Waals surface area contributed by atoms with Gasteiger partial charge in [-0.1, -0.05) is 28.6 Å². The van der Waals surface area contributed by atoms with E-state index in [9.17, 15) is 0 Å². The molecule has 0 radical (unpaired) electrons. The summed E-state index contributed by atoms with van der Waals surface area (Å²) in [5.74, 6) is 1.23. The molecule has 7 nitrogen and oxygen atoms in total. The SMILES string of the molecule is CCn1nnc2ccc(-c3noc(CCc4c[nH]c5ccccc45)n3)cc21. The van der Waals surface area contributed by atoms with Crippen molar-refractivity contribution < 1.29 is 4.52 Å². The van der Waals surface area contributed by atoms with Gasteiger partial charge in [0, 0.05) is 35.6 Å². The molecule has 2 aromatic carbocycles. The van der Waals surface area contributed by atoms with Crippen LogP contribution in [-0.4, -0.2) is 30.1 Å². The molecule has 0 fully saturated rings. The standard InChI is InChI=1S/C20H18N6O/c1-2-26-18-11-13(7-9-17(18)23-25-26)20-22-19(27-24-20)10-8-14-12-21-16-6-4-3-5-15(14)16/h3-7,9,11-12,21H,2,8,10H2,1H3. The van der Waals surface area contributed by atoms with Crippen LogP contribution in [0.2, 0.25) is 0 Å². The van der Waals surface area contributed by atoms with Crippen LogP contribution < -0.4 is 0 Å². The summed E-state index contributed by atoms with van der Waals surface area (Å²) in [6, 6.07) is 14.2. The first kappa shape index (κ1) is 15.7. The summed E-state index contributed by atoms with van der Waals surface area (Å²) < 4.78 is 7.33. The number of nitrogens with zero attached hydrogens (tertiary/aromatic N) is 5. The lowest BCUT2D eigenvalue weighted by Gasteiger charge is -1.98. The van der Waals surface area contributed by atoms with Crippen LogP contribution in [0.3, 0.4) is 0 Å². The maximum absolute atomic E-state index is 5.47. The third-order valence-electron chi connectivity index (χ3n) is 4.82. The fraction of sp³-hybridized carbons (Fsp3) is 0.200. The van der Waals surface area contributed by atoms with Gasteiger partial charge in [0.15, 0.2) is 0 Å². The highest BCUT2D eigenvalue weighted by atomic mass is 16.5. The van der Waals surface area contributed by atoms with E-state index in [0.717, 1.165) is 35.1 Å². The Balaban J connectivity index is 1.38. The Bertz CT molecular complexity index is 1230. The van der Waals surface area contributed by atoms with Crippen molar-refractivity contribution in [3.63, 3.8) is 0 Å². The van der Waals surface area contributed by atoms with Gasteiger partial charge < -0.3 is 9.51 Å². The number of fused-ring (bicyclic) bond motifs is 2. The maximum atomic E-state index is 5.47. The van der Waals surface area contributed by atoms with Crippen LogP contribution in [0, 0.1) is 0 Å². The van der Waals surface area contributed by atoms with Crippen molar-refractivity contribution in [2.45, 2.75) is 26.3 Å². The summed E-state index contributed by atoms with van der Waals surface area (Å²) in [7, 11) is 0. The van der Waals surface area contributed by atoms with Crippen molar-refractivity contribution in [1.29, 1.82) is 0 Å². The molecule has 0 saturated heterocycles. The number of para-hydroxylation sites is 1. The number of rotatable bonds is 5. The Kier molecular flexibility index (Phi) is 3.71. The van der Waals surface area contributed by atoms with Gasteiger partial charge in [0.25, 0.3) is 0 Å². The van der Waals surface area contributed by atoms with E-state index in [1.165, 1.54) is 10.9 Å². The smallest absolute Gasteiger partial charge is 0.227 e. The van der Waals surface area contributed by atoms with Gasteiger partial charge in [0.2, 0.25) is 11.7 Å². The molecular weight excluding hydrogens is 340 g/mol. The lowest BCUT2D eigenvalue weighted by molar-refractivity contribution is 0.379. The van der Waals surface area contributed by atoms with E-state index >= 15 is 0 Å². The molecule has 0 bridgehead atoms. The predicted octanol–water partition coefficient (Wildman–Crippen LogP) is 3.77. The monoisotopic (exact) mass is 358 g/mol. The van der Waals surface area contributed by atoms with Crippen molar-refractivity contribution in [3.05, 3.63) is 60.1 Å². The number of aromatic amines is 1. The van der Waals surface area contributed by atoms with Gasteiger partial charge >= 0.3 is 0 Å².